The molecule has 3 rings (SSSR count). The van der Waals surface area contributed by atoms with Crippen LogP contribution < -0.4 is 14.2 Å². The van der Waals surface area contributed by atoms with E-state index in [0.29, 0.717) is 29.0 Å². The van der Waals surface area contributed by atoms with Crippen LogP contribution in [0.5, 0.6) is 17.2 Å². The molecule has 3 aromatic rings. The van der Waals surface area contributed by atoms with Crippen LogP contribution in [0.2, 0.25) is 0 Å². The van der Waals surface area contributed by atoms with E-state index in [2.05, 4.69) is 15.3 Å². The Kier molecular flexibility index (Phi) is 5.88. The molecule has 0 fully saturated rings. The predicted octanol–water partition coefficient (Wildman–Crippen LogP) is 3.31. The van der Waals surface area contributed by atoms with E-state index in [9.17, 15) is 0 Å². The minimum atomic E-state index is 0.0476. The summed E-state index contributed by atoms with van der Waals surface area (Å²) in [5, 5.41) is 7.86. The Labute approximate surface area is 156 Å². The van der Waals surface area contributed by atoms with Crippen LogP contribution in [-0.2, 0) is 11.4 Å². The number of aromatic nitrogens is 2. The molecule has 8 nitrogen and oxygen atoms in total. The standard InChI is InChI=1S/C19H19N3O5/c1-23-15-7-5-4-6-14(15)11-20-26-12-18-21-19(22-27-18)13-8-9-16(24-2)17(10-13)25-3/h4-11H,12H2,1-3H3/b20-11-. The Balaban J connectivity index is 1.64. The molecule has 0 saturated heterocycles. The second-order valence-corrected chi connectivity index (χ2v) is 5.33. The van der Waals surface area contributed by atoms with Gasteiger partial charge in [-0.25, -0.2) is 0 Å². The van der Waals surface area contributed by atoms with Gasteiger partial charge in [0.05, 0.1) is 27.5 Å². The smallest absolute Gasteiger partial charge is 0.267 e. The number of methoxy groups -OCH3 is 3. The number of rotatable bonds is 8. The van der Waals surface area contributed by atoms with E-state index < -0.39 is 0 Å². The van der Waals surface area contributed by atoms with Gasteiger partial charge in [0.25, 0.3) is 5.89 Å². The maximum absolute atomic E-state index is 5.28. The quantitative estimate of drug-likeness (QED) is 0.444. The summed E-state index contributed by atoms with van der Waals surface area (Å²) in [4.78, 5) is 9.52. The van der Waals surface area contributed by atoms with Crippen LogP contribution in [0.4, 0.5) is 0 Å². The number of ether oxygens (including phenoxy) is 3. The number of nitrogens with zero attached hydrogens (tertiary/aromatic N) is 3. The Morgan fingerprint density at radius 2 is 1.74 bits per heavy atom. The normalized spacial score (nSPS) is 10.8. The summed E-state index contributed by atoms with van der Waals surface area (Å²) in [5.41, 5.74) is 1.54. The molecule has 0 atom stereocenters. The molecule has 0 amide bonds. The summed E-state index contributed by atoms with van der Waals surface area (Å²) in [6.07, 6.45) is 1.56. The molecule has 0 aliphatic heterocycles. The number of hydrogen-bond donors (Lipinski definition) is 0. The van der Waals surface area contributed by atoms with Crippen molar-refractivity contribution in [1.29, 1.82) is 0 Å². The van der Waals surface area contributed by atoms with Crippen molar-refractivity contribution < 1.29 is 23.6 Å². The van der Waals surface area contributed by atoms with Gasteiger partial charge in [-0.2, -0.15) is 4.98 Å². The third-order valence-corrected chi connectivity index (χ3v) is 3.70. The van der Waals surface area contributed by atoms with Gasteiger partial charge in [0.2, 0.25) is 5.82 Å². The zero-order valence-electron chi connectivity index (χ0n) is 15.2. The van der Waals surface area contributed by atoms with Crippen LogP contribution in [0.15, 0.2) is 52.1 Å². The minimum absolute atomic E-state index is 0.0476. The lowest BCUT2D eigenvalue weighted by Gasteiger charge is -2.07. The molecular weight excluding hydrogens is 350 g/mol. The zero-order valence-corrected chi connectivity index (χ0v) is 15.2. The Morgan fingerprint density at radius 3 is 2.52 bits per heavy atom. The lowest BCUT2D eigenvalue weighted by atomic mass is 10.2. The van der Waals surface area contributed by atoms with Crippen molar-refractivity contribution in [2.24, 2.45) is 5.16 Å². The van der Waals surface area contributed by atoms with E-state index in [1.165, 1.54) is 0 Å². The molecule has 0 spiro atoms. The molecule has 0 radical (unpaired) electrons. The van der Waals surface area contributed by atoms with Gasteiger partial charge >= 0.3 is 0 Å². The first-order valence-electron chi connectivity index (χ1n) is 8.08. The fraction of sp³-hybridized carbons (Fsp3) is 0.211. The van der Waals surface area contributed by atoms with Gasteiger partial charge < -0.3 is 23.6 Å². The maximum Gasteiger partial charge on any atom is 0.267 e. The Hall–Kier alpha value is -3.55. The van der Waals surface area contributed by atoms with E-state index in [1.807, 2.05) is 30.3 Å². The summed E-state index contributed by atoms with van der Waals surface area (Å²) < 4.78 is 20.9. The van der Waals surface area contributed by atoms with Crippen LogP contribution in [0.25, 0.3) is 11.4 Å². The summed E-state index contributed by atoms with van der Waals surface area (Å²) in [6.45, 7) is 0.0476. The Bertz CT molecular complexity index is 923. The molecule has 1 aromatic heterocycles. The lowest BCUT2D eigenvalue weighted by Crippen LogP contribution is -1.92. The first-order valence-corrected chi connectivity index (χ1v) is 8.08. The highest BCUT2D eigenvalue weighted by Crippen LogP contribution is 2.31. The minimum Gasteiger partial charge on any atom is -0.496 e. The monoisotopic (exact) mass is 369 g/mol. The molecule has 2 aromatic carbocycles. The van der Waals surface area contributed by atoms with Crippen molar-refractivity contribution in [3.63, 3.8) is 0 Å². The second-order valence-electron chi connectivity index (χ2n) is 5.33. The van der Waals surface area contributed by atoms with Crippen LogP contribution >= 0.6 is 0 Å². The second kappa shape index (κ2) is 8.70. The lowest BCUT2D eigenvalue weighted by molar-refractivity contribution is 0.107. The van der Waals surface area contributed by atoms with Gasteiger partial charge in [-0.05, 0) is 30.3 Å². The fourth-order valence-corrected chi connectivity index (χ4v) is 2.37. The largest absolute Gasteiger partial charge is 0.496 e. The molecule has 27 heavy (non-hydrogen) atoms. The van der Waals surface area contributed by atoms with Crippen molar-refractivity contribution in [3.8, 4) is 28.6 Å². The SMILES string of the molecule is COc1ccccc1/C=N\OCc1nc(-c2ccc(OC)c(OC)c2)no1. The number of benzene rings is 2. The number of hydrogen-bond acceptors (Lipinski definition) is 8. The van der Waals surface area contributed by atoms with E-state index in [0.717, 1.165) is 11.1 Å². The molecule has 0 aliphatic carbocycles. The van der Waals surface area contributed by atoms with E-state index >= 15 is 0 Å². The van der Waals surface area contributed by atoms with Gasteiger partial charge in [0.15, 0.2) is 18.1 Å². The average molecular weight is 369 g/mol. The van der Waals surface area contributed by atoms with Crippen molar-refractivity contribution in [2.45, 2.75) is 6.61 Å². The first kappa shape index (κ1) is 18.2. The molecule has 0 N–H and O–H groups in total. The molecule has 8 heteroatoms. The highest BCUT2D eigenvalue weighted by atomic mass is 16.6. The van der Waals surface area contributed by atoms with Crippen molar-refractivity contribution in [3.05, 3.63) is 53.9 Å². The van der Waals surface area contributed by atoms with Crippen LogP contribution in [-0.4, -0.2) is 37.7 Å². The maximum atomic E-state index is 5.28. The molecule has 140 valence electrons. The van der Waals surface area contributed by atoms with E-state index in [1.54, 1.807) is 39.7 Å². The van der Waals surface area contributed by atoms with Gasteiger partial charge in [0.1, 0.15) is 5.75 Å². The highest BCUT2D eigenvalue weighted by Gasteiger charge is 2.12. The van der Waals surface area contributed by atoms with Gasteiger partial charge in [-0.15, -0.1) is 0 Å². The van der Waals surface area contributed by atoms with Crippen molar-refractivity contribution in [2.75, 3.05) is 21.3 Å². The topological polar surface area (TPSA) is 88.2 Å². The Morgan fingerprint density at radius 1 is 0.963 bits per heavy atom. The molecule has 0 aliphatic rings. The zero-order chi connectivity index (χ0) is 19.1. The van der Waals surface area contributed by atoms with E-state index in [-0.39, 0.29) is 6.61 Å². The van der Waals surface area contributed by atoms with Crippen molar-refractivity contribution in [1.82, 2.24) is 10.1 Å². The fourth-order valence-electron chi connectivity index (χ4n) is 2.37. The van der Waals surface area contributed by atoms with Crippen LogP contribution in [0.1, 0.15) is 11.5 Å². The average Bonchev–Trinajstić information content (AvgIpc) is 3.20. The predicted molar refractivity (Wildman–Crippen MR) is 98.2 cm³/mol. The molecule has 0 saturated carbocycles. The van der Waals surface area contributed by atoms with E-state index in [4.69, 9.17) is 23.6 Å². The van der Waals surface area contributed by atoms with Gasteiger partial charge in [-0.1, -0.05) is 22.4 Å². The number of para-hydroxylation sites is 1. The molecular formula is C19H19N3O5. The molecule has 0 bridgehead atoms. The third kappa shape index (κ3) is 4.35. The van der Waals surface area contributed by atoms with Crippen molar-refractivity contribution >= 4 is 6.21 Å². The third-order valence-electron chi connectivity index (χ3n) is 3.70. The molecule has 1 heterocycles. The highest BCUT2D eigenvalue weighted by molar-refractivity contribution is 5.82. The number of oxime groups is 1. The summed E-state index contributed by atoms with van der Waals surface area (Å²) in [6, 6.07) is 12.8. The summed E-state index contributed by atoms with van der Waals surface area (Å²) in [7, 11) is 4.74. The summed E-state index contributed by atoms with van der Waals surface area (Å²) in [5.74, 6) is 2.64. The van der Waals surface area contributed by atoms with Gasteiger partial charge in [-0.3, -0.25) is 0 Å². The first-order chi connectivity index (χ1) is 13.2. The van der Waals surface area contributed by atoms with Crippen LogP contribution in [0, 0.1) is 0 Å². The van der Waals surface area contributed by atoms with Crippen LogP contribution in [0.3, 0.4) is 0 Å². The van der Waals surface area contributed by atoms with Gasteiger partial charge in [0, 0.05) is 11.1 Å². The molecule has 0 unspecified atom stereocenters. The summed E-state index contributed by atoms with van der Waals surface area (Å²) >= 11 is 0.